The van der Waals surface area contributed by atoms with Crippen LogP contribution >= 0.6 is 0 Å². The van der Waals surface area contributed by atoms with E-state index in [1.54, 1.807) is 0 Å². The van der Waals surface area contributed by atoms with Crippen LogP contribution in [0.15, 0.2) is 0 Å². The van der Waals surface area contributed by atoms with Gasteiger partial charge in [0.15, 0.2) is 0 Å². The summed E-state index contributed by atoms with van der Waals surface area (Å²) in [6.45, 7) is 25.7. The lowest BCUT2D eigenvalue weighted by molar-refractivity contribution is -0.145. The third-order valence-corrected chi connectivity index (χ3v) is 8.70. The van der Waals surface area contributed by atoms with Crippen molar-refractivity contribution in [1.82, 2.24) is 0 Å². The molecule has 12 heteroatoms. The molecule has 0 saturated carbocycles. The molecular weight excluding hydrogens is 720 g/mol. The van der Waals surface area contributed by atoms with E-state index in [2.05, 4.69) is 34.6 Å². The highest BCUT2D eigenvalue weighted by atomic mass is 16.6. The molecule has 12 nitrogen and oxygen atoms in total. The molecule has 0 amide bonds. The van der Waals surface area contributed by atoms with E-state index in [9.17, 15) is 9.59 Å². The quantitative estimate of drug-likeness (QED) is 0.0432. The summed E-state index contributed by atoms with van der Waals surface area (Å²) in [6, 6.07) is 0. The minimum atomic E-state index is -0.152. The molecule has 0 aliphatic heterocycles. The van der Waals surface area contributed by atoms with Gasteiger partial charge in [-0.25, -0.2) is 0 Å². The van der Waals surface area contributed by atoms with Crippen LogP contribution < -0.4 is 0 Å². The first-order valence-corrected chi connectivity index (χ1v) is 22.3. The molecule has 0 N–H and O–H groups in total. The zero-order chi connectivity index (χ0) is 41.6. The standard InChI is InChI=1S/2C22H44O6/c1-5-7-9-21(6-2)19-27-17-16-26-15-14-25-13-12-24-11-8-10-22(23)28-18-20(3)4;1-4-7-10-21(6-3)20-27-19-18-26-17-16-25-15-14-24-12-9-11-22(23)28-13-8-5-2/h20-21H,5-19H2,1-4H3;21H,4-20H2,1-3H3. The van der Waals surface area contributed by atoms with E-state index in [1.807, 2.05) is 13.8 Å². The Labute approximate surface area is 343 Å². The molecule has 0 aromatic carbocycles. The van der Waals surface area contributed by atoms with E-state index < -0.39 is 0 Å². The molecule has 0 aliphatic rings. The summed E-state index contributed by atoms with van der Waals surface area (Å²) in [5.74, 6) is 1.43. The lowest BCUT2D eigenvalue weighted by atomic mass is 10.0. The molecule has 0 saturated heterocycles. The van der Waals surface area contributed by atoms with Gasteiger partial charge in [-0.1, -0.05) is 93.4 Å². The van der Waals surface area contributed by atoms with Gasteiger partial charge in [-0.05, 0) is 49.9 Å². The van der Waals surface area contributed by atoms with Crippen molar-refractivity contribution in [3.63, 3.8) is 0 Å². The van der Waals surface area contributed by atoms with Crippen LogP contribution in [-0.4, -0.2) is 131 Å². The minimum Gasteiger partial charge on any atom is -0.466 e. The molecule has 336 valence electrons. The van der Waals surface area contributed by atoms with Crippen LogP contribution in [0.5, 0.6) is 0 Å². The highest BCUT2D eigenvalue weighted by Gasteiger charge is 2.07. The molecule has 0 aromatic heterocycles. The van der Waals surface area contributed by atoms with Crippen molar-refractivity contribution < 1.29 is 57.0 Å². The SMILES string of the molecule is CCCCC(CC)COCCOCCOCCOCCCC(=O)OCC(C)C.CCCCOC(=O)CCCOCCOCCOCCOCC(CC)CCCC. The van der Waals surface area contributed by atoms with Crippen LogP contribution in [0.25, 0.3) is 0 Å². The van der Waals surface area contributed by atoms with Crippen molar-refractivity contribution in [3.05, 3.63) is 0 Å². The van der Waals surface area contributed by atoms with Gasteiger partial charge in [-0.2, -0.15) is 0 Å². The summed E-state index contributed by atoms with van der Waals surface area (Å²) >= 11 is 0. The first kappa shape index (κ1) is 56.7. The van der Waals surface area contributed by atoms with Crippen molar-refractivity contribution in [1.29, 1.82) is 0 Å². The second-order valence-electron chi connectivity index (χ2n) is 14.5. The van der Waals surface area contributed by atoms with Crippen LogP contribution in [0.2, 0.25) is 0 Å². The second kappa shape index (κ2) is 48.0. The first-order valence-electron chi connectivity index (χ1n) is 22.3. The average molecular weight is 809 g/mol. The van der Waals surface area contributed by atoms with Gasteiger partial charge in [0, 0.05) is 39.3 Å². The van der Waals surface area contributed by atoms with E-state index in [4.69, 9.17) is 47.4 Å². The molecule has 0 rings (SSSR count). The molecule has 0 fully saturated rings. The van der Waals surface area contributed by atoms with Crippen molar-refractivity contribution in [2.75, 3.05) is 119 Å². The summed E-state index contributed by atoms with van der Waals surface area (Å²) in [7, 11) is 0. The third-order valence-electron chi connectivity index (χ3n) is 8.70. The maximum absolute atomic E-state index is 11.4. The summed E-state index contributed by atoms with van der Waals surface area (Å²) in [6.07, 6.45) is 14.1. The Morgan fingerprint density at radius 3 is 1.05 bits per heavy atom. The fourth-order valence-corrected chi connectivity index (χ4v) is 4.99. The Kier molecular flexibility index (Phi) is 48.6. The predicted octanol–water partition coefficient (Wildman–Crippen LogP) is 8.64. The van der Waals surface area contributed by atoms with Gasteiger partial charge in [0.1, 0.15) is 0 Å². The topological polar surface area (TPSA) is 126 Å². The largest absolute Gasteiger partial charge is 0.466 e. The van der Waals surface area contributed by atoms with Gasteiger partial charge < -0.3 is 47.4 Å². The van der Waals surface area contributed by atoms with E-state index in [0.717, 1.165) is 26.1 Å². The number of ether oxygens (including phenoxy) is 10. The van der Waals surface area contributed by atoms with Crippen molar-refractivity contribution in [2.24, 2.45) is 17.8 Å². The summed E-state index contributed by atoms with van der Waals surface area (Å²) < 4.78 is 54.3. The second-order valence-corrected chi connectivity index (χ2v) is 14.5. The van der Waals surface area contributed by atoms with Gasteiger partial charge in [-0.15, -0.1) is 0 Å². The molecule has 0 bridgehead atoms. The van der Waals surface area contributed by atoms with Crippen molar-refractivity contribution in [2.45, 2.75) is 138 Å². The fraction of sp³-hybridized carbons (Fsp3) is 0.955. The molecule has 2 unspecified atom stereocenters. The van der Waals surface area contributed by atoms with Gasteiger partial charge in [-0.3, -0.25) is 9.59 Å². The van der Waals surface area contributed by atoms with Crippen LogP contribution in [0, 0.1) is 17.8 Å². The molecule has 0 spiro atoms. The normalized spacial score (nSPS) is 12.4. The van der Waals surface area contributed by atoms with E-state index >= 15 is 0 Å². The van der Waals surface area contributed by atoms with E-state index in [1.165, 1.54) is 51.4 Å². The summed E-state index contributed by atoms with van der Waals surface area (Å²) in [4.78, 5) is 22.8. The van der Waals surface area contributed by atoms with Gasteiger partial charge >= 0.3 is 11.9 Å². The van der Waals surface area contributed by atoms with Crippen molar-refractivity contribution >= 4 is 11.9 Å². The summed E-state index contributed by atoms with van der Waals surface area (Å²) in [5, 5.41) is 0. The lowest BCUT2D eigenvalue weighted by Crippen LogP contribution is -2.15. The Balaban J connectivity index is 0. The monoisotopic (exact) mass is 809 g/mol. The highest BCUT2D eigenvalue weighted by molar-refractivity contribution is 5.69. The third kappa shape index (κ3) is 47.0. The predicted molar refractivity (Wildman–Crippen MR) is 223 cm³/mol. The van der Waals surface area contributed by atoms with Gasteiger partial charge in [0.2, 0.25) is 0 Å². The maximum Gasteiger partial charge on any atom is 0.305 e. The Bertz CT molecular complexity index is 785. The molecule has 0 aromatic rings. The number of carbonyl (C=O) groups is 2. The highest BCUT2D eigenvalue weighted by Crippen LogP contribution is 2.13. The Morgan fingerprint density at radius 1 is 0.375 bits per heavy atom. The van der Waals surface area contributed by atoms with Crippen LogP contribution in [0.1, 0.15) is 138 Å². The molecule has 0 aliphatic carbocycles. The first-order chi connectivity index (χ1) is 27.3. The van der Waals surface area contributed by atoms with Crippen molar-refractivity contribution in [3.8, 4) is 0 Å². The van der Waals surface area contributed by atoms with Crippen LogP contribution in [0.3, 0.4) is 0 Å². The molecule has 0 heterocycles. The average Bonchev–Trinajstić information content (AvgIpc) is 3.19. The number of unbranched alkanes of at least 4 members (excludes halogenated alkanes) is 3. The number of carbonyl (C=O) groups excluding carboxylic acids is 2. The molecular formula is C44H88O12. The van der Waals surface area contributed by atoms with E-state index in [-0.39, 0.29) is 11.9 Å². The lowest BCUT2D eigenvalue weighted by Gasteiger charge is -2.14. The molecule has 56 heavy (non-hydrogen) atoms. The summed E-state index contributed by atoms with van der Waals surface area (Å²) in [5.41, 5.74) is 0. The molecule has 2 atom stereocenters. The Morgan fingerprint density at radius 2 is 0.714 bits per heavy atom. The number of hydrogen-bond acceptors (Lipinski definition) is 12. The van der Waals surface area contributed by atoms with Gasteiger partial charge in [0.25, 0.3) is 0 Å². The number of esters is 2. The maximum atomic E-state index is 11.4. The number of hydrogen-bond donors (Lipinski definition) is 0. The zero-order valence-corrected chi connectivity index (χ0v) is 37.3. The smallest absolute Gasteiger partial charge is 0.305 e. The Hall–Kier alpha value is -1.38. The molecule has 0 radical (unpaired) electrons. The number of rotatable bonds is 43. The van der Waals surface area contributed by atoms with Crippen LogP contribution in [-0.2, 0) is 57.0 Å². The minimum absolute atomic E-state index is 0.138. The zero-order valence-electron chi connectivity index (χ0n) is 37.3. The van der Waals surface area contributed by atoms with Gasteiger partial charge in [0.05, 0.1) is 92.5 Å². The van der Waals surface area contributed by atoms with E-state index in [0.29, 0.717) is 149 Å². The fourth-order valence-electron chi connectivity index (χ4n) is 4.99. The van der Waals surface area contributed by atoms with Crippen LogP contribution in [0.4, 0.5) is 0 Å².